The van der Waals surface area contributed by atoms with E-state index in [1.165, 1.54) is 12.1 Å². The van der Waals surface area contributed by atoms with Crippen LogP contribution in [0.25, 0.3) is 11.0 Å². The molecule has 0 spiro atoms. The first-order valence-electron chi connectivity index (χ1n) is 7.69. The molecule has 0 aliphatic heterocycles. The van der Waals surface area contributed by atoms with Crippen molar-refractivity contribution < 1.29 is 8.81 Å². The Morgan fingerprint density at radius 2 is 1.83 bits per heavy atom. The van der Waals surface area contributed by atoms with Gasteiger partial charge in [0, 0.05) is 29.4 Å². The summed E-state index contributed by atoms with van der Waals surface area (Å²) >= 11 is 0. The van der Waals surface area contributed by atoms with Crippen molar-refractivity contribution in [3.8, 4) is 0 Å². The summed E-state index contributed by atoms with van der Waals surface area (Å²) in [4.78, 5) is 8.67. The molecule has 5 heteroatoms. The first-order valence-corrected chi connectivity index (χ1v) is 7.69. The first kappa shape index (κ1) is 15.6. The van der Waals surface area contributed by atoms with Gasteiger partial charge in [-0.25, -0.2) is 4.39 Å². The number of furan rings is 1. The zero-order valence-electron chi connectivity index (χ0n) is 13.7. The van der Waals surface area contributed by atoms with Crippen LogP contribution in [-0.2, 0) is 0 Å². The van der Waals surface area contributed by atoms with Gasteiger partial charge in [-0.05, 0) is 45.9 Å². The predicted molar refractivity (Wildman–Crippen MR) is 87.6 cm³/mol. The van der Waals surface area contributed by atoms with Crippen LogP contribution in [0, 0.1) is 19.7 Å². The van der Waals surface area contributed by atoms with E-state index < -0.39 is 0 Å². The number of nitrogens with one attached hydrogen (secondary N) is 1. The number of hydrogen-bond donors (Lipinski definition) is 1. The maximum atomic E-state index is 13.4. The molecule has 0 saturated heterocycles. The summed E-state index contributed by atoms with van der Waals surface area (Å²) in [5.41, 5.74) is 3.49. The molecule has 2 aromatic heterocycles. The third-order valence-electron chi connectivity index (χ3n) is 4.16. The summed E-state index contributed by atoms with van der Waals surface area (Å²) < 4.78 is 19.3. The van der Waals surface area contributed by atoms with Crippen LogP contribution in [0.1, 0.15) is 48.6 Å². The number of aromatic nitrogens is 2. The molecule has 120 valence electrons. The lowest BCUT2D eigenvalue weighted by Crippen LogP contribution is -2.24. The summed E-state index contributed by atoms with van der Waals surface area (Å²) in [5, 5.41) is 4.30. The molecule has 23 heavy (non-hydrogen) atoms. The number of halogens is 1. The lowest BCUT2D eigenvalue weighted by Gasteiger charge is -2.19. The molecule has 0 fully saturated rings. The fraction of sp³-hybridized carbons (Fsp3) is 0.333. The molecule has 4 nitrogen and oxygen atoms in total. The average Bonchev–Trinajstić information content (AvgIpc) is 2.84. The maximum absolute atomic E-state index is 13.4. The number of rotatable bonds is 4. The molecule has 0 aliphatic rings. The van der Waals surface area contributed by atoms with Crippen molar-refractivity contribution in [1.29, 1.82) is 0 Å². The van der Waals surface area contributed by atoms with E-state index in [4.69, 9.17) is 4.42 Å². The molecule has 1 aromatic carbocycles. The van der Waals surface area contributed by atoms with Crippen molar-refractivity contribution in [3.63, 3.8) is 0 Å². The second-order valence-corrected chi connectivity index (χ2v) is 5.87. The van der Waals surface area contributed by atoms with E-state index in [9.17, 15) is 4.39 Å². The van der Waals surface area contributed by atoms with Crippen LogP contribution in [0.3, 0.4) is 0 Å². The third-order valence-corrected chi connectivity index (χ3v) is 4.16. The normalized spacial score (nSPS) is 14.1. The van der Waals surface area contributed by atoms with Crippen LogP contribution < -0.4 is 5.32 Å². The number of aryl methyl sites for hydroxylation is 2. The highest BCUT2D eigenvalue weighted by Gasteiger charge is 2.20. The number of benzene rings is 1. The van der Waals surface area contributed by atoms with E-state index in [0.717, 1.165) is 28.1 Å². The topological polar surface area (TPSA) is 51.0 Å². The van der Waals surface area contributed by atoms with Crippen LogP contribution in [0.4, 0.5) is 4.39 Å². The second kappa shape index (κ2) is 6.08. The van der Waals surface area contributed by atoms with Gasteiger partial charge in [-0.2, -0.15) is 0 Å². The van der Waals surface area contributed by atoms with E-state index >= 15 is 0 Å². The van der Waals surface area contributed by atoms with Gasteiger partial charge in [0.2, 0.25) is 0 Å². The third kappa shape index (κ3) is 2.97. The highest BCUT2D eigenvalue weighted by atomic mass is 19.1. The van der Waals surface area contributed by atoms with Gasteiger partial charge in [0.25, 0.3) is 0 Å². The molecule has 0 radical (unpaired) electrons. The Hall–Kier alpha value is -2.27. The van der Waals surface area contributed by atoms with E-state index in [2.05, 4.69) is 15.3 Å². The van der Waals surface area contributed by atoms with E-state index in [1.54, 1.807) is 18.5 Å². The summed E-state index contributed by atoms with van der Waals surface area (Å²) in [6, 6.07) is 4.61. The SMILES string of the molecule is Cc1nccnc1C(C)NC(C)c1oc2ccc(F)cc2c1C. The molecule has 2 atom stereocenters. The van der Waals surface area contributed by atoms with Crippen molar-refractivity contribution in [2.75, 3.05) is 0 Å². The molecule has 2 unspecified atom stereocenters. The van der Waals surface area contributed by atoms with Crippen LogP contribution in [-0.4, -0.2) is 9.97 Å². The van der Waals surface area contributed by atoms with Gasteiger partial charge in [-0.3, -0.25) is 15.3 Å². The Morgan fingerprint density at radius 3 is 2.57 bits per heavy atom. The summed E-state index contributed by atoms with van der Waals surface area (Å²) in [6.07, 6.45) is 3.38. The van der Waals surface area contributed by atoms with Crippen LogP contribution in [0.5, 0.6) is 0 Å². The maximum Gasteiger partial charge on any atom is 0.134 e. The minimum Gasteiger partial charge on any atom is -0.459 e. The average molecular weight is 313 g/mol. The lowest BCUT2D eigenvalue weighted by atomic mass is 10.1. The zero-order chi connectivity index (χ0) is 16.6. The van der Waals surface area contributed by atoms with E-state index in [1.807, 2.05) is 27.7 Å². The molecule has 3 rings (SSSR count). The molecule has 0 bridgehead atoms. The van der Waals surface area contributed by atoms with Gasteiger partial charge >= 0.3 is 0 Å². The summed E-state index contributed by atoms with van der Waals surface area (Å²) in [6.45, 7) is 7.98. The number of nitrogens with zero attached hydrogens (tertiary/aromatic N) is 2. The van der Waals surface area contributed by atoms with Crippen molar-refractivity contribution >= 4 is 11.0 Å². The van der Waals surface area contributed by atoms with Crippen molar-refractivity contribution in [1.82, 2.24) is 15.3 Å². The fourth-order valence-corrected chi connectivity index (χ4v) is 3.00. The van der Waals surface area contributed by atoms with E-state index in [0.29, 0.717) is 5.58 Å². The number of hydrogen-bond acceptors (Lipinski definition) is 4. The predicted octanol–water partition coefficient (Wildman–Crippen LogP) is 4.39. The summed E-state index contributed by atoms with van der Waals surface area (Å²) in [5.74, 6) is 0.566. The highest BCUT2D eigenvalue weighted by Crippen LogP contribution is 2.31. The van der Waals surface area contributed by atoms with Gasteiger partial charge in [0.05, 0.1) is 17.4 Å². The Kier molecular flexibility index (Phi) is 4.13. The molecule has 0 saturated carbocycles. The standard InChI is InChI=1S/C18H20FN3O/c1-10-15-9-14(19)5-6-16(15)23-18(10)13(4)22-12(3)17-11(2)20-7-8-21-17/h5-9,12-13,22H,1-4H3. The Morgan fingerprint density at radius 1 is 1.09 bits per heavy atom. The lowest BCUT2D eigenvalue weighted by molar-refractivity contribution is 0.409. The molecular weight excluding hydrogens is 293 g/mol. The largest absolute Gasteiger partial charge is 0.459 e. The molecule has 2 heterocycles. The minimum absolute atomic E-state index is 0.0260. The van der Waals surface area contributed by atoms with Gasteiger partial charge < -0.3 is 4.42 Å². The van der Waals surface area contributed by atoms with Gasteiger partial charge in [-0.15, -0.1) is 0 Å². The van der Waals surface area contributed by atoms with Gasteiger partial charge in [-0.1, -0.05) is 0 Å². The highest BCUT2D eigenvalue weighted by molar-refractivity contribution is 5.82. The van der Waals surface area contributed by atoms with Crippen molar-refractivity contribution in [2.45, 2.75) is 39.8 Å². The molecule has 0 amide bonds. The Labute approximate surface area is 134 Å². The molecular formula is C18H20FN3O. The number of fused-ring (bicyclic) bond motifs is 1. The van der Waals surface area contributed by atoms with Gasteiger partial charge in [0.15, 0.2) is 0 Å². The second-order valence-electron chi connectivity index (χ2n) is 5.87. The quantitative estimate of drug-likeness (QED) is 0.776. The molecule has 3 aromatic rings. The molecule has 1 N–H and O–H groups in total. The smallest absolute Gasteiger partial charge is 0.134 e. The Balaban J connectivity index is 1.87. The monoisotopic (exact) mass is 313 g/mol. The molecule has 0 aliphatic carbocycles. The minimum atomic E-state index is -0.253. The van der Waals surface area contributed by atoms with Crippen LogP contribution >= 0.6 is 0 Å². The zero-order valence-corrected chi connectivity index (χ0v) is 13.7. The Bertz CT molecular complexity index is 843. The van der Waals surface area contributed by atoms with Crippen LogP contribution in [0.15, 0.2) is 35.0 Å². The van der Waals surface area contributed by atoms with Gasteiger partial charge in [0.1, 0.15) is 17.2 Å². The van der Waals surface area contributed by atoms with Crippen molar-refractivity contribution in [2.24, 2.45) is 0 Å². The van der Waals surface area contributed by atoms with Crippen LogP contribution in [0.2, 0.25) is 0 Å². The van der Waals surface area contributed by atoms with Crippen molar-refractivity contribution in [3.05, 3.63) is 59.1 Å². The summed E-state index contributed by atoms with van der Waals surface area (Å²) in [7, 11) is 0. The first-order chi connectivity index (χ1) is 11.0. The fourth-order valence-electron chi connectivity index (χ4n) is 3.00. The van der Waals surface area contributed by atoms with E-state index in [-0.39, 0.29) is 17.9 Å².